The summed E-state index contributed by atoms with van der Waals surface area (Å²) < 4.78 is 0. The van der Waals surface area contributed by atoms with Crippen molar-refractivity contribution < 1.29 is 0 Å². The van der Waals surface area contributed by atoms with E-state index in [1.54, 1.807) is 0 Å². The van der Waals surface area contributed by atoms with Crippen molar-refractivity contribution in [2.75, 3.05) is 13.1 Å². The largest absolute Gasteiger partial charge is 0.300 e. The van der Waals surface area contributed by atoms with E-state index in [1.165, 1.54) is 5.56 Å². The predicted octanol–water partition coefficient (Wildman–Crippen LogP) is 1.93. The summed E-state index contributed by atoms with van der Waals surface area (Å²) in [5.74, 6) is 2.34. The Hall–Kier alpha value is -1.78. The summed E-state index contributed by atoms with van der Waals surface area (Å²) >= 11 is 0. The molecule has 0 atom stereocenters. The van der Waals surface area contributed by atoms with Gasteiger partial charge >= 0.3 is 0 Å². The molecule has 1 aromatic carbocycles. The Balaban J connectivity index is 1.89. The van der Waals surface area contributed by atoms with Gasteiger partial charge in [0.1, 0.15) is 0 Å². The van der Waals surface area contributed by atoms with Crippen LogP contribution in [0.2, 0.25) is 12.6 Å². The highest BCUT2D eigenvalue weighted by atomic mass is 15.1. The highest BCUT2D eigenvalue weighted by molar-refractivity contribution is 6.67. The molecule has 2 rings (SSSR count). The minimum atomic E-state index is 0.243. The third-order valence-electron chi connectivity index (χ3n) is 3.26. The lowest BCUT2D eigenvalue weighted by molar-refractivity contribution is 0.284. The molecule has 1 heterocycles. The number of benzene rings is 1. The maximum absolute atomic E-state index is 8.83. The second kappa shape index (κ2) is 5.52. The van der Waals surface area contributed by atoms with Crippen LogP contribution in [0.3, 0.4) is 0 Å². The van der Waals surface area contributed by atoms with Gasteiger partial charge in [0, 0.05) is 12.5 Å². The summed E-state index contributed by atoms with van der Waals surface area (Å²) in [4.78, 5) is 2.37. The zero-order chi connectivity index (χ0) is 12.1. The van der Waals surface area contributed by atoms with Crippen molar-refractivity contribution in [3.63, 3.8) is 0 Å². The molecule has 0 unspecified atom stereocenters. The molecule has 1 aliphatic rings. The van der Waals surface area contributed by atoms with E-state index in [-0.39, 0.29) is 6.71 Å². The summed E-state index contributed by atoms with van der Waals surface area (Å²) in [6, 6.07) is 9.86. The number of nitrogens with zero attached hydrogens (tertiary/aromatic N) is 3. The highest BCUT2D eigenvalue weighted by Gasteiger charge is 2.22. The molecule has 1 saturated heterocycles. The molecule has 1 aliphatic heterocycles. The maximum atomic E-state index is 8.83. The van der Waals surface area contributed by atoms with Gasteiger partial charge in [-0.1, -0.05) is 12.1 Å². The fourth-order valence-corrected chi connectivity index (χ4v) is 2.16. The topological polar surface area (TPSA) is 50.8 Å². The van der Waals surface area contributed by atoms with E-state index in [4.69, 9.17) is 10.5 Å². The van der Waals surface area contributed by atoms with Crippen molar-refractivity contribution in [2.24, 2.45) is 0 Å². The molecule has 4 heteroatoms. The maximum Gasteiger partial charge on any atom is 0.270 e. The van der Waals surface area contributed by atoms with Crippen LogP contribution in [0.25, 0.3) is 0 Å². The molecule has 0 aromatic heterocycles. The van der Waals surface area contributed by atoms with Crippen LogP contribution < -0.4 is 0 Å². The minimum Gasteiger partial charge on any atom is -0.300 e. The Morgan fingerprint density at radius 3 is 2.29 bits per heavy atom. The quantitative estimate of drug-likeness (QED) is 0.719. The lowest BCUT2D eigenvalue weighted by atomic mass is 9.45. The number of rotatable bonds is 2. The number of nitriles is 2. The van der Waals surface area contributed by atoms with Crippen molar-refractivity contribution >= 4 is 6.71 Å². The average Bonchev–Trinajstić information content (AvgIpc) is 2.40. The summed E-state index contributed by atoms with van der Waals surface area (Å²) in [6.45, 7) is 3.16. The van der Waals surface area contributed by atoms with Crippen LogP contribution in [0.4, 0.5) is 0 Å². The van der Waals surface area contributed by atoms with E-state index in [9.17, 15) is 0 Å². The molecule has 0 amide bonds. The van der Waals surface area contributed by atoms with E-state index in [1.807, 2.05) is 24.3 Å². The third-order valence-corrected chi connectivity index (χ3v) is 3.26. The first-order chi connectivity index (χ1) is 8.31. The molecule has 1 aromatic rings. The summed E-state index contributed by atoms with van der Waals surface area (Å²) in [6.07, 6.45) is 1.96. The van der Waals surface area contributed by atoms with Gasteiger partial charge in [-0.3, -0.25) is 0 Å². The van der Waals surface area contributed by atoms with Gasteiger partial charge in [-0.05, 0) is 43.4 Å². The third kappa shape index (κ3) is 3.09. The van der Waals surface area contributed by atoms with E-state index in [0.29, 0.717) is 5.56 Å². The lowest BCUT2D eigenvalue weighted by Gasteiger charge is -2.27. The number of hydrogen-bond acceptors (Lipinski definition) is 3. The SMILES string of the molecule is N#CB1CCN(Cc2ccc(C#N)cc2)CC1. The van der Waals surface area contributed by atoms with Crippen molar-refractivity contribution in [1.29, 1.82) is 10.5 Å². The van der Waals surface area contributed by atoms with E-state index in [0.717, 1.165) is 32.3 Å². The van der Waals surface area contributed by atoms with Crippen molar-refractivity contribution in [2.45, 2.75) is 19.2 Å². The van der Waals surface area contributed by atoms with Crippen molar-refractivity contribution in [3.05, 3.63) is 35.4 Å². The molecular weight excluding hydrogens is 209 g/mol. The van der Waals surface area contributed by atoms with Crippen molar-refractivity contribution in [3.8, 4) is 12.0 Å². The van der Waals surface area contributed by atoms with Crippen LogP contribution in [0, 0.1) is 22.6 Å². The summed E-state index contributed by atoms with van der Waals surface area (Å²) in [5.41, 5.74) is 1.94. The molecule has 0 aliphatic carbocycles. The average molecular weight is 223 g/mol. The zero-order valence-corrected chi connectivity index (χ0v) is 9.76. The lowest BCUT2D eigenvalue weighted by Crippen LogP contribution is -2.35. The van der Waals surface area contributed by atoms with Gasteiger partial charge in [0.25, 0.3) is 6.71 Å². The Bertz CT molecular complexity index is 447. The van der Waals surface area contributed by atoms with Gasteiger partial charge in [0.05, 0.1) is 11.6 Å². The fraction of sp³-hybridized carbons (Fsp3) is 0.385. The highest BCUT2D eigenvalue weighted by Crippen LogP contribution is 2.14. The summed E-state index contributed by atoms with van der Waals surface area (Å²) in [7, 11) is 0. The molecule has 0 spiro atoms. The predicted molar refractivity (Wildman–Crippen MR) is 67.4 cm³/mol. The normalized spacial score (nSPS) is 16.2. The molecule has 3 nitrogen and oxygen atoms in total. The van der Waals surface area contributed by atoms with Gasteiger partial charge in [0.15, 0.2) is 0 Å². The van der Waals surface area contributed by atoms with Gasteiger partial charge in [-0.25, -0.2) is 5.26 Å². The minimum absolute atomic E-state index is 0.243. The standard InChI is InChI=1S/C13H14BN3/c15-9-12-1-3-13(4-2-12)10-17-7-5-14(11-16)6-8-17/h1-4H,5-8,10H2. The molecule has 0 saturated carbocycles. The van der Waals surface area contributed by atoms with Gasteiger partial charge in [-0.2, -0.15) is 5.26 Å². The Morgan fingerprint density at radius 2 is 1.76 bits per heavy atom. The van der Waals surface area contributed by atoms with Crippen LogP contribution in [0.5, 0.6) is 0 Å². The summed E-state index contributed by atoms with van der Waals surface area (Å²) in [5, 5.41) is 17.5. The van der Waals surface area contributed by atoms with Crippen LogP contribution in [-0.2, 0) is 6.54 Å². The zero-order valence-electron chi connectivity index (χ0n) is 9.76. The Kier molecular flexibility index (Phi) is 3.80. The molecule has 0 bridgehead atoms. The smallest absolute Gasteiger partial charge is 0.270 e. The second-order valence-electron chi connectivity index (χ2n) is 4.49. The molecule has 0 N–H and O–H groups in total. The van der Waals surface area contributed by atoms with Crippen LogP contribution >= 0.6 is 0 Å². The van der Waals surface area contributed by atoms with Crippen LogP contribution in [-0.4, -0.2) is 24.7 Å². The van der Waals surface area contributed by atoms with Crippen LogP contribution in [0.1, 0.15) is 11.1 Å². The van der Waals surface area contributed by atoms with Gasteiger partial charge in [0.2, 0.25) is 0 Å². The first kappa shape index (κ1) is 11.7. The molecule has 84 valence electrons. The monoisotopic (exact) mass is 223 g/mol. The van der Waals surface area contributed by atoms with E-state index >= 15 is 0 Å². The fourth-order valence-electron chi connectivity index (χ4n) is 2.16. The molecule has 1 fully saturated rings. The van der Waals surface area contributed by atoms with Crippen molar-refractivity contribution in [1.82, 2.24) is 4.90 Å². The van der Waals surface area contributed by atoms with Gasteiger partial charge < -0.3 is 4.90 Å². The molecule has 17 heavy (non-hydrogen) atoms. The van der Waals surface area contributed by atoms with Gasteiger partial charge in [-0.15, -0.1) is 0 Å². The molecular formula is C13H14BN3. The Morgan fingerprint density at radius 1 is 1.12 bits per heavy atom. The number of hydrogen-bond donors (Lipinski definition) is 0. The van der Waals surface area contributed by atoms with E-state index < -0.39 is 0 Å². The first-order valence-electron chi connectivity index (χ1n) is 5.93. The first-order valence-corrected chi connectivity index (χ1v) is 5.93. The van der Waals surface area contributed by atoms with Crippen LogP contribution in [0.15, 0.2) is 24.3 Å². The molecule has 0 radical (unpaired) electrons. The Labute approximate surface area is 102 Å². The van der Waals surface area contributed by atoms with E-state index in [2.05, 4.69) is 16.9 Å². The second-order valence-corrected chi connectivity index (χ2v) is 4.49.